The Hall–Kier alpha value is -2.38. The fourth-order valence-corrected chi connectivity index (χ4v) is 4.52. The molecular formula is C18H27N3O5. The molecule has 26 heavy (non-hydrogen) atoms. The fourth-order valence-electron chi connectivity index (χ4n) is 4.52. The molecule has 2 aliphatic heterocycles. The quantitative estimate of drug-likeness (QED) is 0.743. The summed E-state index contributed by atoms with van der Waals surface area (Å²) in [6, 6.07) is -0.0204. The lowest BCUT2D eigenvalue weighted by Gasteiger charge is -2.32. The van der Waals surface area contributed by atoms with Crippen molar-refractivity contribution in [3.8, 4) is 0 Å². The molecule has 0 aromatic carbocycles. The first kappa shape index (κ1) is 19.9. The van der Waals surface area contributed by atoms with Gasteiger partial charge in [-0.1, -0.05) is 13.8 Å². The third kappa shape index (κ3) is 3.45. The summed E-state index contributed by atoms with van der Waals surface area (Å²) in [4.78, 5) is 39.0. The number of carboxylic acid groups (broad SMARTS) is 2. The van der Waals surface area contributed by atoms with Gasteiger partial charge in [0.2, 0.25) is 5.91 Å². The third-order valence-corrected chi connectivity index (χ3v) is 5.77. The maximum atomic E-state index is 12.7. The van der Waals surface area contributed by atoms with E-state index >= 15 is 0 Å². The molecule has 1 aromatic heterocycles. The van der Waals surface area contributed by atoms with Crippen LogP contribution in [0.1, 0.15) is 51.8 Å². The molecule has 2 fully saturated rings. The number of amides is 1. The molecule has 1 aromatic rings. The van der Waals surface area contributed by atoms with Crippen LogP contribution >= 0.6 is 0 Å². The highest BCUT2D eigenvalue weighted by molar-refractivity contribution is 5.82. The van der Waals surface area contributed by atoms with Crippen molar-refractivity contribution in [3.05, 3.63) is 18.2 Å². The minimum atomic E-state index is -0.743. The van der Waals surface area contributed by atoms with E-state index in [1.165, 1.54) is 0 Å². The summed E-state index contributed by atoms with van der Waals surface area (Å²) >= 11 is 0. The van der Waals surface area contributed by atoms with Crippen molar-refractivity contribution in [1.82, 2.24) is 14.5 Å². The zero-order chi connectivity index (χ0) is 19.3. The van der Waals surface area contributed by atoms with Crippen molar-refractivity contribution in [1.29, 1.82) is 0 Å². The number of hydrogen-bond donors (Lipinski definition) is 2. The first-order valence-electron chi connectivity index (χ1n) is 9.07. The van der Waals surface area contributed by atoms with E-state index in [0.29, 0.717) is 25.8 Å². The Balaban J connectivity index is 0.000000758. The van der Waals surface area contributed by atoms with Gasteiger partial charge in [0, 0.05) is 43.9 Å². The lowest BCUT2D eigenvalue weighted by Crippen LogP contribution is -2.44. The average Bonchev–Trinajstić information content (AvgIpc) is 3.32. The summed E-state index contributed by atoms with van der Waals surface area (Å²) in [6.07, 6.45) is 7.88. The van der Waals surface area contributed by atoms with Gasteiger partial charge in [0.25, 0.3) is 6.47 Å². The van der Waals surface area contributed by atoms with Crippen molar-refractivity contribution in [2.75, 3.05) is 0 Å². The highest BCUT2D eigenvalue weighted by Crippen LogP contribution is 2.52. The standard InChI is InChI=1S/C17H25N3O3.CH2O2/c1-3-14-18-8-10-19(14)9-7-15(21)20-12-5-6-13(20)17(4-2,11-12)16(22)23;2-1-3/h8,10,12-13H,3-7,9,11H2,1-2H3,(H,22,23);1H,(H,2,3)/t12-,13+,17+;/m0./s1. The van der Waals surface area contributed by atoms with Gasteiger partial charge < -0.3 is 19.7 Å². The Morgan fingerprint density at radius 1 is 1.38 bits per heavy atom. The molecule has 0 spiro atoms. The van der Waals surface area contributed by atoms with Gasteiger partial charge in [0.05, 0.1) is 5.41 Å². The SMILES string of the molecule is CCc1nccn1CCC(=O)N1[C@H]2CC[C@@H]1[C@](CC)(C(=O)O)C2.O=CO. The van der Waals surface area contributed by atoms with Crippen LogP contribution in [0.5, 0.6) is 0 Å². The summed E-state index contributed by atoms with van der Waals surface area (Å²) in [5.41, 5.74) is -0.734. The molecule has 0 saturated carbocycles. The Kier molecular flexibility index (Phi) is 6.39. The summed E-state index contributed by atoms with van der Waals surface area (Å²) in [6.45, 7) is 4.34. The molecule has 2 aliphatic rings. The monoisotopic (exact) mass is 365 g/mol. The summed E-state index contributed by atoms with van der Waals surface area (Å²) < 4.78 is 2.01. The predicted octanol–water partition coefficient (Wildman–Crippen LogP) is 1.78. The highest BCUT2D eigenvalue weighted by Gasteiger charge is 2.60. The number of aryl methyl sites for hydroxylation is 2. The van der Waals surface area contributed by atoms with Crippen LogP contribution < -0.4 is 0 Å². The number of carbonyl (C=O) groups excluding carboxylic acids is 1. The fraction of sp³-hybridized carbons (Fsp3) is 0.667. The van der Waals surface area contributed by atoms with Crippen LogP contribution in [0.4, 0.5) is 0 Å². The van der Waals surface area contributed by atoms with E-state index in [1.54, 1.807) is 6.20 Å². The van der Waals surface area contributed by atoms with Crippen molar-refractivity contribution < 1.29 is 24.6 Å². The van der Waals surface area contributed by atoms with Crippen molar-refractivity contribution >= 4 is 18.3 Å². The van der Waals surface area contributed by atoms with Gasteiger partial charge in [-0.15, -0.1) is 0 Å². The first-order chi connectivity index (χ1) is 12.4. The second kappa shape index (κ2) is 8.33. The van der Waals surface area contributed by atoms with Gasteiger partial charge in [-0.05, 0) is 25.7 Å². The number of aliphatic carboxylic acids is 1. The van der Waals surface area contributed by atoms with E-state index in [1.807, 2.05) is 29.5 Å². The molecule has 144 valence electrons. The van der Waals surface area contributed by atoms with E-state index in [4.69, 9.17) is 9.90 Å². The molecule has 2 N–H and O–H groups in total. The highest BCUT2D eigenvalue weighted by atomic mass is 16.4. The maximum absolute atomic E-state index is 12.7. The summed E-state index contributed by atoms with van der Waals surface area (Å²) in [5, 5.41) is 16.6. The lowest BCUT2D eigenvalue weighted by atomic mass is 9.72. The Labute approximate surface area is 152 Å². The minimum absolute atomic E-state index is 0.0878. The summed E-state index contributed by atoms with van der Waals surface area (Å²) in [7, 11) is 0. The second-order valence-corrected chi connectivity index (χ2v) is 6.81. The second-order valence-electron chi connectivity index (χ2n) is 6.81. The van der Waals surface area contributed by atoms with Gasteiger partial charge in [-0.2, -0.15) is 0 Å². The number of fused-ring (bicyclic) bond motifs is 2. The topological polar surface area (TPSA) is 113 Å². The van der Waals surface area contributed by atoms with Crippen LogP contribution in [0.3, 0.4) is 0 Å². The van der Waals surface area contributed by atoms with E-state index in [2.05, 4.69) is 4.98 Å². The van der Waals surface area contributed by atoms with Crippen LogP contribution in [0, 0.1) is 5.41 Å². The number of nitrogens with zero attached hydrogens (tertiary/aromatic N) is 3. The molecule has 8 heteroatoms. The number of carboxylic acids is 1. The van der Waals surface area contributed by atoms with Crippen molar-refractivity contribution in [2.45, 2.75) is 71.0 Å². The maximum Gasteiger partial charge on any atom is 0.311 e. The van der Waals surface area contributed by atoms with Gasteiger partial charge >= 0.3 is 5.97 Å². The molecule has 2 bridgehead atoms. The van der Waals surface area contributed by atoms with Crippen LogP contribution in [0.15, 0.2) is 12.4 Å². The van der Waals surface area contributed by atoms with Gasteiger partial charge in [-0.25, -0.2) is 4.98 Å². The van der Waals surface area contributed by atoms with Crippen LogP contribution in [0.2, 0.25) is 0 Å². The molecule has 2 saturated heterocycles. The molecule has 3 rings (SSSR count). The van der Waals surface area contributed by atoms with Crippen molar-refractivity contribution in [2.24, 2.45) is 5.41 Å². The largest absolute Gasteiger partial charge is 0.483 e. The molecular weight excluding hydrogens is 338 g/mol. The molecule has 0 radical (unpaired) electrons. The third-order valence-electron chi connectivity index (χ3n) is 5.77. The zero-order valence-electron chi connectivity index (χ0n) is 15.3. The molecule has 3 heterocycles. The Morgan fingerprint density at radius 2 is 2.08 bits per heavy atom. The van der Waals surface area contributed by atoms with Crippen LogP contribution in [-0.2, 0) is 27.3 Å². The number of rotatable bonds is 6. The molecule has 8 nitrogen and oxygen atoms in total. The summed E-state index contributed by atoms with van der Waals surface area (Å²) in [5.74, 6) is 0.327. The van der Waals surface area contributed by atoms with E-state index in [0.717, 1.165) is 25.1 Å². The van der Waals surface area contributed by atoms with Gasteiger partial charge in [0.15, 0.2) is 0 Å². The van der Waals surface area contributed by atoms with E-state index < -0.39 is 11.4 Å². The lowest BCUT2D eigenvalue weighted by molar-refractivity contribution is -0.151. The minimum Gasteiger partial charge on any atom is -0.483 e. The van der Waals surface area contributed by atoms with Gasteiger partial charge in [-0.3, -0.25) is 14.4 Å². The molecule has 0 unspecified atom stereocenters. The molecule has 0 aliphatic carbocycles. The Bertz CT molecular complexity index is 659. The van der Waals surface area contributed by atoms with Gasteiger partial charge in [0.1, 0.15) is 5.82 Å². The Morgan fingerprint density at radius 3 is 2.62 bits per heavy atom. The molecule has 3 atom stereocenters. The normalized spacial score (nSPS) is 26.3. The first-order valence-corrected chi connectivity index (χ1v) is 9.07. The zero-order valence-corrected chi connectivity index (χ0v) is 15.3. The predicted molar refractivity (Wildman–Crippen MR) is 93.5 cm³/mol. The van der Waals surface area contributed by atoms with E-state index in [9.17, 15) is 14.7 Å². The van der Waals surface area contributed by atoms with Crippen molar-refractivity contribution in [3.63, 3.8) is 0 Å². The van der Waals surface area contributed by atoms with E-state index in [-0.39, 0.29) is 24.5 Å². The van der Waals surface area contributed by atoms with Crippen LogP contribution in [0.25, 0.3) is 0 Å². The number of aromatic nitrogens is 2. The average molecular weight is 365 g/mol. The molecule has 1 amide bonds. The number of hydrogen-bond acceptors (Lipinski definition) is 4. The number of carbonyl (C=O) groups is 3. The number of imidazole rings is 1. The smallest absolute Gasteiger partial charge is 0.311 e. The van der Waals surface area contributed by atoms with Crippen LogP contribution in [-0.4, -0.2) is 55.1 Å².